The summed E-state index contributed by atoms with van der Waals surface area (Å²) in [5, 5.41) is 3.63. The van der Waals surface area contributed by atoms with Gasteiger partial charge in [0.05, 0.1) is 13.2 Å². The molecule has 0 spiro atoms. The van der Waals surface area contributed by atoms with E-state index in [4.69, 9.17) is 4.74 Å². The number of ether oxygens (including phenoxy) is 1. The van der Waals surface area contributed by atoms with Gasteiger partial charge in [-0.2, -0.15) is 0 Å². The van der Waals surface area contributed by atoms with Gasteiger partial charge >= 0.3 is 0 Å². The van der Waals surface area contributed by atoms with Crippen LogP contribution in [0.5, 0.6) is 5.75 Å². The van der Waals surface area contributed by atoms with Crippen LogP contribution in [0.15, 0.2) is 42.5 Å². The van der Waals surface area contributed by atoms with Gasteiger partial charge < -0.3 is 10.1 Å². The van der Waals surface area contributed by atoms with Crippen molar-refractivity contribution < 1.29 is 4.74 Å². The molecule has 3 rings (SSSR count). The molecule has 1 aliphatic rings. The van der Waals surface area contributed by atoms with Crippen molar-refractivity contribution in [2.75, 3.05) is 12.4 Å². The zero-order chi connectivity index (χ0) is 13.2. The number of nitrogens with one attached hydrogen (secondary N) is 1. The Morgan fingerprint density at radius 1 is 1.21 bits per heavy atom. The van der Waals surface area contributed by atoms with Gasteiger partial charge in [0.15, 0.2) is 0 Å². The first-order chi connectivity index (χ1) is 9.26. The molecule has 98 valence electrons. The Labute approximate surface area is 127 Å². The number of anilines is 1. The van der Waals surface area contributed by atoms with E-state index in [0.717, 1.165) is 18.6 Å². The topological polar surface area (TPSA) is 21.3 Å². The lowest BCUT2D eigenvalue weighted by Crippen LogP contribution is -2.07. The zero-order valence-electron chi connectivity index (χ0n) is 10.8. The van der Waals surface area contributed by atoms with E-state index in [2.05, 4.69) is 64.3 Å². The fourth-order valence-electron chi connectivity index (χ4n) is 2.64. The normalized spacial score (nSPS) is 17.1. The molecule has 2 nitrogen and oxygen atoms in total. The molecule has 0 amide bonds. The quantitative estimate of drug-likeness (QED) is 0.815. The molecule has 0 aromatic heterocycles. The zero-order valence-corrected chi connectivity index (χ0v) is 13.0. The molecule has 3 heteroatoms. The summed E-state index contributed by atoms with van der Waals surface area (Å²) in [6, 6.07) is 15.3. The highest BCUT2D eigenvalue weighted by molar-refractivity contribution is 14.1. The third-order valence-corrected chi connectivity index (χ3v) is 4.27. The fourth-order valence-corrected chi connectivity index (χ4v) is 3.18. The molecule has 0 fully saturated rings. The molecule has 19 heavy (non-hydrogen) atoms. The van der Waals surface area contributed by atoms with Crippen molar-refractivity contribution in [1.29, 1.82) is 0 Å². The molecule has 0 saturated carbocycles. The lowest BCUT2D eigenvalue weighted by Gasteiger charge is -2.16. The lowest BCUT2D eigenvalue weighted by atomic mass is 10.1. The number of benzene rings is 2. The number of rotatable bonds is 3. The minimum absolute atomic E-state index is 0.392. The molecule has 1 aliphatic carbocycles. The summed E-state index contributed by atoms with van der Waals surface area (Å²) in [7, 11) is 1.72. The van der Waals surface area contributed by atoms with Crippen molar-refractivity contribution in [2.45, 2.75) is 18.9 Å². The Morgan fingerprint density at radius 2 is 2.11 bits per heavy atom. The van der Waals surface area contributed by atoms with Crippen LogP contribution in [-0.4, -0.2) is 7.11 Å². The molecule has 0 heterocycles. The Balaban J connectivity index is 1.85. The van der Waals surface area contributed by atoms with Crippen molar-refractivity contribution in [2.24, 2.45) is 0 Å². The Bertz CT molecular complexity index is 597. The Kier molecular flexibility index (Phi) is 3.64. The van der Waals surface area contributed by atoms with Crippen LogP contribution in [-0.2, 0) is 6.42 Å². The van der Waals surface area contributed by atoms with E-state index in [0.29, 0.717) is 6.04 Å². The maximum Gasteiger partial charge on any atom is 0.119 e. The fraction of sp³-hybridized carbons (Fsp3) is 0.250. The van der Waals surface area contributed by atoms with Gasteiger partial charge in [-0.15, -0.1) is 0 Å². The molecule has 2 aromatic carbocycles. The summed E-state index contributed by atoms with van der Waals surface area (Å²) in [6.07, 6.45) is 2.29. The van der Waals surface area contributed by atoms with Crippen LogP contribution in [0, 0.1) is 3.57 Å². The van der Waals surface area contributed by atoms with Crippen LogP contribution in [0.3, 0.4) is 0 Å². The summed E-state index contributed by atoms with van der Waals surface area (Å²) in [5.41, 5.74) is 4.00. The molecule has 1 N–H and O–H groups in total. The molecule has 1 unspecified atom stereocenters. The van der Waals surface area contributed by atoms with Crippen molar-refractivity contribution in [1.82, 2.24) is 0 Å². The SMILES string of the molecule is COc1ccc2c(c1)C(Nc1cccc(I)c1)CC2. The average molecular weight is 365 g/mol. The number of methoxy groups -OCH3 is 1. The molecule has 1 atom stereocenters. The third kappa shape index (κ3) is 2.71. The molecule has 2 aromatic rings. The third-order valence-electron chi connectivity index (χ3n) is 3.60. The minimum atomic E-state index is 0.392. The van der Waals surface area contributed by atoms with Crippen LogP contribution in [0.2, 0.25) is 0 Å². The maximum absolute atomic E-state index is 5.33. The van der Waals surface area contributed by atoms with Crippen LogP contribution in [0.4, 0.5) is 5.69 Å². The van der Waals surface area contributed by atoms with Gasteiger partial charge in [0, 0.05) is 9.26 Å². The second-order valence-electron chi connectivity index (χ2n) is 4.81. The standard InChI is InChI=1S/C16H16INO/c1-19-14-7-5-11-6-8-16(15(11)10-14)18-13-4-2-3-12(17)9-13/h2-5,7,9-10,16,18H,6,8H2,1H3. The smallest absolute Gasteiger partial charge is 0.119 e. The van der Waals surface area contributed by atoms with E-state index in [1.54, 1.807) is 7.11 Å². The van der Waals surface area contributed by atoms with E-state index in [-0.39, 0.29) is 0 Å². The van der Waals surface area contributed by atoms with Gasteiger partial charge in [-0.05, 0) is 76.9 Å². The lowest BCUT2D eigenvalue weighted by molar-refractivity contribution is 0.414. The number of hydrogen-bond acceptors (Lipinski definition) is 2. The highest BCUT2D eigenvalue weighted by atomic mass is 127. The van der Waals surface area contributed by atoms with E-state index in [1.165, 1.54) is 20.4 Å². The highest BCUT2D eigenvalue weighted by Gasteiger charge is 2.22. The first-order valence-electron chi connectivity index (χ1n) is 6.45. The highest BCUT2D eigenvalue weighted by Crippen LogP contribution is 2.36. The van der Waals surface area contributed by atoms with Crippen molar-refractivity contribution in [3.05, 3.63) is 57.2 Å². The first-order valence-corrected chi connectivity index (χ1v) is 7.53. The van der Waals surface area contributed by atoms with Crippen molar-refractivity contribution in [3.8, 4) is 5.75 Å². The largest absolute Gasteiger partial charge is 0.497 e. The van der Waals surface area contributed by atoms with Crippen LogP contribution >= 0.6 is 22.6 Å². The van der Waals surface area contributed by atoms with Gasteiger partial charge in [0.25, 0.3) is 0 Å². The van der Waals surface area contributed by atoms with Crippen LogP contribution in [0.25, 0.3) is 0 Å². The summed E-state index contributed by atoms with van der Waals surface area (Å²) >= 11 is 2.34. The molecule has 0 bridgehead atoms. The average Bonchev–Trinajstić information content (AvgIpc) is 2.81. The van der Waals surface area contributed by atoms with Crippen LogP contribution in [0.1, 0.15) is 23.6 Å². The minimum Gasteiger partial charge on any atom is -0.497 e. The van der Waals surface area contributed by atoms with Gasteiger partial charge in [0.1, 0.15) is 5.75 Å². The summed E-state index contributed by atoms with van der Waals surface area (Å²) in [6.45, 7) is 0. The second-order valence-corrected chi connectivity index (χ2v) is 6.06. The predicted molar refractivity (Wildman–Crippen MR) is 86.8 cm³/mol. The number of halogens is 1. The van der Waals surface area contributed by atoms with E-state index >= 15 is 0 Å². The van der Waals surface area contributed by atoms with Gasteiger partial charge in [0.2, 0.25) is 0 Å². The van der Waals surface area contributed by atoms with Gasteiger partial charge in [-0.25, -0.2) is 0 Å². The second kappa shape index (κ2) is 5.41. The Hall–Kier alpha value is -1.23. The maximum atomic E-state index is 5.33. The number of aryl methyl sites for hydroxylation is 1. The van der Waals surface area contributed by atoms with Crippen molar-refractivity contribution >= 4 is 28.3 Å². The number of hydrogen-bond donors (Lipinski definition) is 1. The Morgan fingerprint density at radius 3 is 2.89 bits per heavy atom. The summed E-state index contributed by atoms with van der Waals surface area (Å²) < 4.78 is 6.58. The molecular formula is C16H16INO. The monoisotopic (exact) mass is 365 g/mol. The van der Waals surface area contributed by atoms with Gasteiger partial charge in [-0.1, -0.05) is 12.1 Å². The first kappa shape index (κ1) is 12.8. The van der Waals surface area contributed by atoms with E-state index < -0.39 is 0 Å². The predicted octanol–water partition coefficient (Wildman–Crippen LogP) is 4.40. The number of fused-ring (bicyclic) bond motifs is 1. The van der Waals surface area contributed by atoms with Crippen molar-refractivity contribution in [3.63, 3.8) is 0 Å². The summed E-state index contributed by atoms with van der Waals surface area (Å²) in [5.74, 6) is 0.940. The molecule has 0 aliphatic heterocycles. The van der Waals surface area contributed by atoms with Crippen LogP contribution < -0.4 is 10.1 Å². The van der Waals surface area contributed by atoms with E-state index in [1.807, 2.05) is 6.07 Å². The summed E-state index contributed by atoms with van der Waals surface area (Å²) in [4.78, 5) is 0. The molecular weight excluding hydrogens is 349 g/mol. The molecule has 0 saturated heterocycles. The molecule has 0 radical (unpaired) electrons. The van der Waals surface area contributed by atoms with E-state index in [9.17, 15) is 0 Å². The van der Waals surface area contributed by atoms with Gasteiger partial charge in [-0.3, -0.25) is 0 Å².